The molecule has 2 saturated carbocycles. The number of hydrogen-bond acceptors (Lipinski definition) is 7. The van der Waals surface area contributed by atoms with Crippen LogP contribution in [-0.2, 0) is 16.0 Å². The molecule has 1 N–H and O–H groups in total. The molecule has 38 heavy (non-hydrogen) atoms. The van der Waals surface area contributed by atoms with E-state index in [-0.39, 0.29) is 6.09 Å². The molecular formula is C29H38N6O3. The van der Waals surface area contributed by atoms with E-state index in [1.165, 1.54) is 18.4 Å². The minimum atomic E-state index is -0.479. The molecule has 2 aliphatic carbocycles. The van der Waals surface area contributed by atoms with Crippen molar-refractivity contribution in [2.45, 2.75) is 70.6 Å². The van der Waals surface area contributed by atoms with Crippen molar-refractivity contribution in [3.05, 3.63) is 41.9 Å². The zero-order valence-corrected chi connectivity index (χ0v) is 22.7. The van der Waals surface area contributed by atoms with E-state index in [1.54, 1.807) is 0 Å². The lowest BCUT2D eigenvalue weighted by molar-refractivity contribution is 0.0342. The van der Waals surface area contributed by atoms with Crippen molar-refractivity contribution in [2.24, 2.45) is 5.92 Å². The zero-order valence-electron chi connectivity index (χ0n) is 22.7. The number of rotatable bonds is 7. The first-order valence-electron chi connectivity index (χ1n) is 13.9. The van der Waals surface area contributed by atoms with Crippen molar-refractivity contribution >= 4 is 17.1 Å². The molecule has 9 nitrogen and oxygen atoms in total. The second kappa shape index (κ2) is 10.3. The number of nitrogens with zero attached hydrogens (tertiary/aromatic N) is 5. The minimum absolute atomic E-state index is 0.346. The van der Waals surface area contributed by atoms with Crippen molar-refractivity contribution < 1.29 is 14.3 Å². The van der Waals surface area contributed by atoms with Gasteiger partial charge in [0, 0.05) is 43.9 Å². The van der Waals surface area contributed by atoms with Crippen LogP contribution in [-0.4, -0.2) is 69.2 Å². The summed E-state index contributed by atoms with van der Waals surface area (Å²) in [5, 5.41) is 7.95. The number of benzene rings is 1. The third kappa shape index (κ3) is 5.83. The Labute approximate surface area is 223 Å². The van der Waals surface area contributed by atoms with Crippen LogP contribution in [0.3, 0.4) is 0 Å². The minimum Gasteiger partial charge on any atom is -0.444 e. The van der Waals surface area contributed by atoms with E-state index in [0.717, 1.165) is 73.7 Å². The van der Waals surface area contributed by atoms with Gasteiger partial charge in [0.05, 0.1) is 47.9 Å². The number of ether oxygens (including phenoxy) is 2. The molecule has 0 spiro atoms. The SMILES string of the molecule is CC(C)(C)OC(=O)NCC1CC(n2cc(-c3cnc4ccc(CN5CCOCC5)cc4n3)c(C3CC3)n2)C1. The largest absolute Gasteiger partial charge is 0.444 e. The van der Waals surface area contributed by atoms with E-state index in [1.807, 2.05) is 27.0 Å². The summed E-state index contributed by atoms with van der Waals surface area (Å²) in [6.07, 6.45) is 8.07. The molecule has 1 amide bonds. The van der Waals surface area contributed by atoms with Gasteiger partial charge >= 0.3 is 6.09 Å². The summed E-state index contributed by atoms with van der Waals surface area (Å²) in [5.74, 6) is 0.955. The number of aromatic nitrogens is 4. The van der Waals surface area contributed by atoms with Gasteiger partial charge in [-0.15, -0.1) is 0 Å². The van der Waals surface area contributed by atoms with Crippen molar-refractivity contribution in [2.75, 3.05) is 32.8 Å². The van der Waals surface area contributed by atoms with E-state index >= 15 is 0 Å². The second-order valence-electron chi connectivity index (χ2n) is 12.0. The Morgan fingerprint density at radius 2 is 1.95 bits per heavy atom. The van der Waals surface area contributed by atoms with Crippen LogP contribution in [0, 0.1) is 5.92 Å². The summed E-state index contributed by atoms with van der Waals surface area (Å²) < 4.78 is 13.0. The van der Waals surface area contributed by atoms with Crippen LogP contribution in [0.1, 0.15) is 69.7 Å². The number of carbonyl (C=O) groups excluding carboxylic acids is 1. The van der Waals surface area contributed by atoms with Crippen molar-refractivity contribution in [1.82, 2.24) is 30.0 Å². The number of amides is 1. The number of carbonyl (C=O) groups is 1. The number of morpholine rings is 1. The fourth-order valence-electron chi connectivity index (χ4n) is 5.38. The molecule has 1 saturated heterocycles. The first kappa shape index (κ1) is 25.2. The fourth-order valence-corrected chi connectivity index (χ4v) is 5.38. The average Bonchev–Trinajstić information content (AvgIpc) is 3.61. The molecule has 3 heterocycles. The highest BCUT2D eigenvalue weighted by molar-refractivity contribution is 5.78. The molecule has 0 atom stereocenters. The zero-order chi connectivity index (χ0) is 26.3. The van der Waals surface area contributed by atoms with Gasteiger partial charge in [0.2, 0.25) is 0 Å². The Balaban J connectivity index is 1.15. The van der Waals surface area contributed by atoms with Gasteiger partial charge in [0.25, 0.3) is 0 Å². The number of nitrogens with one attached hydrogen (secondary N) is 1. The average molecular weight is 519 g/mol. The van der Waals surface area contributed by atoms with Gasteiger partial charge in [-0.05, 0) is 70.1 Å². The lowest BCUT2D eigenvalue weighted by Crippen LogP contribution is -2.39. The van der Waals surface area contributed by atoms with Gasteiger partial charge in [-0.3, -0.25) is 14.6 Å². The Morgan fingerprint density at radius 1 is 1.16 bits per heavy atom. The Bertz CT molecular complexity index is 1300. The fraction of sp³-hybridized carbons (Fsp3) is 0.586. The molecule has 0 bridgehead atoms. The third-order valence-corrected chi connectivity index (χ3v) is 7.64. The molecule has 1 aromatic carbocycles. The Hall–Kier alpha value is -3.04. The van der Waals surface area contributed by atoms with Crippen molar-refractivity contribution in [3.63, 3.8) is 0 Å². The van der Waals surface area contributed by atoms with Crippen LogP contribution < -0.4 is 5.32 Å². The highest BCUT2D eigenvalue weighted by Crippen LogP contribution is 2.45. The third-order valence-electron chi connectivity index (χ3n) is 7.64. The lowest BCUT2D eigenvalue weighted by Gasteiger charge is -2.35. The summed E-state index contributed by atoms with van der Waals surface area (Å²) in [4.78, 5) is 24.2. The van der Waals surface area contributed by atoms with Crippen LogP contribution in [0.5, 0.6) is 0 Å². The van der Waals surface area contributed by atoms with Crippen LogP contribution in [0.15, 0.2) is 30.6 Å². The standard InChI is InChI=1S/C29H38N6O3/c1-29(2,3)38-28(36)31-15-20-12-22(13-20)35-18-23(27(33-35)21-5-6-21)26-16-30-24-7-4-19(14-25(24)32-26)17-34-8-10-37-11-9-34/h4,7,14,16,18,20-22H,5-6,8-13,15,17H2,1-3H3,(H,31,36). The monoisotopic (exact) mass is 518 g/mol. The first-order valence-corrected chi connectivity index (χ1v) is 13.9. The second-order valence-corrected chi connectivity index (χ2v) is 12.0. The van der Waals surface area contributed by atoms with Crippen LogP contribution in [0.25, 0.3) is 22.3 Å². The van der Waals surface area contributed by atoms with Crippen LogP contribution in [0.2, 0.25) is 0 Å². The maximum Gasteiger partial charge on any atom is 0.407 e. The number of hydrogen-bond donors (Lipinski definition) is 1. The first-order chi connectivity index (χ1) is 18.3. The van der Waals surface area contributed by atoms with Gasteiger partial charge in [-0.2, -0.15) is 5.10 Å². The van der Waals surface area contributed by atoms with Crippen LogP contribution in [0.4, 0.5) is 4.79 Å². The summed E-state index contributed by atoms with van der Waals surface area (Å²) in [5.41, 5.74) is 5.78. The molecule has 3 aromatic rings. The Kier molecular flexibility index (Phi) is 6.82. The van der Waals surface area contributed by atoms with Crippen LogP contribution >= 0.6 is 0 Å². The molecule has 202 valence electrons. The van der Waals surface area contributed by atoms with E-state index in [9.17, 15) is 4.79 Å². The molecule has 3 aliphatic rings. The maximum absolute atomic E-state index is 12.0. The lowest BCUT2D eigenvalue weighted by atomic mass is 9.80. The highest BCUT2D eigenvalue weighted by Gasteiger charge is 2.35. The van der Waals surface area contributed by atoms with Crippen molar-refractivity contribution in [3.8, 4) is 11.3 Å². The predicted octanol–water partition coefficient (Wildman–Crippen LogP) is 4.68. The molecule has 1 aliphatic heterocycles. The van der Waals surface area contributed by atoms with Gasteiger partial charge in [-0.25, -0.2) is 9.78 Å². The number of alkyl carbamates (subject to hydrolysis) is 1. The topological polar surface area (TPSA) is 94.4 Å². The molecule has 9 heteroatoms. The molecular weight excluding hydrogens is 480 g/mol. The maximum atomic E-state index is 12.0. The van der Waals surface area contributed by atoms with Gasteiger partial charge in [-0.1, -0.05) is 6.07 Å². The molecule has 2 aromatic heterocycles. The van der Waals surface area contributed by atoms with Gasteiger partial charge in [0.15, 0.2) is 0 Å². The quantitative estimate of drug-likeness (QED) is 0.485. The molecule has 0 radical (unpaired) electrons. The summed E-state index contributed by atoms with van der Waals surface area (Å²) in [6.45, 7) is 10.7. The van der Waals surface area contributed by atoms with E-state index < -0.39 is 5.60 Å². The number of fused-ring (bicyclic) bond motifs is 1. The van der Waals surface area contributed by atoms with Crippen molar-refractivity contribution in [1.29, 1.82) is 0 Å². The summed E-state index contributed by atoms with van der Waals surface area (Å²) in [6, 6.07) is 6.76. The van der Waals surface area contributed by atoms with Gasteiger partial charge in [0.1, 0.15) is 5.60 Å². The molecule has 6 rings (SSSR count). The highest BCUT2D eigenvalue weighted by atomic mass is 16.6. The smallest absolute Gasteiger partial charge is 0.407 e. The van der Waals surface area contributed by atoms with E-state index in [4.69, 9.17) is 24.5 Å². The molecule has 3 fully saturated rings. The normalized spacial score (nSPS) is 22.3. The van der Waals surface area contributed by atoms with E-state index in [0.29, 0.717) is 24.4 Å². The van der Waals surface area contributed by atoms with E-state index in [2.05, 4.69) is 39.3 Å². The molecule has 0 unspecified atom stereocenters. The predicted molar refractivity (Wildman–Crippen MR) is 145 cm³/mol. The Morgan fingerprint density at radius 3 is 2.68 bits per heavy atom. The summed E-state index contributed by atoms with van der Waals surface area (Å²) in [7, 11) is 0. The van der Waals surface area contributed by atoms with Gasteiger partial charge < -0.3 is 14.8 Å². The summed E-state index contributed by atoms with van der Waals surface area (Å²) >= 11 is 0.